The molecule has 0 aromatic heterocycles. The van der Waals surface area contributed by atoms with Gasteiger partial charge in [-0.3, -0.25) is 4.57 Å². The van der Waals surface area contributed by atoms with Gasteiger partial charge in [0.2, 0.25) is 0 Å². The van der Waals surface area contributed by atoms with Crippen LogP contribution in [0.3, 0.4) is 0 Å². The van der Waals surface area contributed by atoms with Gasteiger partial charge < -0.3 is 23.1 Å². The summed E-state index contributed by atoms with van der Waals surface area (Å²) in [6.45, 7) is 1.78. The van der Waals surface area contributed by atoms with Crippen molar-refractivity contribution in [3.8, 4) is 0 Å². The molecule has 0 aromatic carbocycles. The van der Waals surface area contributed by atoms with Gasteiger partial charge in [-0.2, -0.15) is 0 Å². The zero-order valence-electron chi connectivity index (χ0n) is 7.89. The molecule has 0 fully saturated rings. The lowest BCUT2D eigenvalue weighted by atomic mass is 11.0. The minimum Gasteiger partial charge on any atom is -0.377 e. The van der Waals surface area contributed by atoms with E-state index in [-0.39, 0.29) is 0 Å². The van der Waals surface area contributed by atoms with Gasteiger partial charge in [-0.15, -0.1) is 0 Å². The molecule has 0 bridgehead atoms. The third-order valence-corrected chi connectivity index (χ3v) is 4.91. The van der Waals surface area contributed by atoms with E-state index in [1.54, 1.807) is 6.92 Å². The maximum atomic E-state index is 10.5. The normalized spacial score (nSPS) is 13.3. The lowest BCUT2D eigenvalue weighted by Crippen LogP contribution is -2.43. The number of hydrogen-bond donors (Lipinski definition) is 2. The Bertz CT molecular complexity index is 179. The van der Waals surface area contributed by atoms with Crippen LogP contribution in [0.4, 0.5) is 0 Å². The maximum absolute atomic E-state index is 10.5. The quantitative estimate of drug-likeness (QED) is 0.507. The smallest absolute Gasteiger partial charge is 0.377 e. The maximum Gasteiger partial charge on any atom is 0.500 e. The van der Waals surface area contributed by atoms with E-state index in [1.165, 1.54) is 14.2 Å². The van der Waals surface area contributed by atoms with Gasteiger partial charge in [0, 0.05) is 20.3 Å². The predicted molar refractivity (Wildman–Crippen MR) is 48.2 cm³/mol. The molecule has 0 atom stereocenters. The Labute approximate surface area is 78.3 Å². The van der Waals surface area contributed by atoms with Crippen molar-refractivity contribution in [1.29, 1.82) is 0 Å². The molecule has 0 unspecified atom stereocenters. The van der Waals surface area contributed by atoms with Gasteiger partial charge in [-0.25, -0.2) is 0 Å². The van der Waals surface area contributed by atoms with Crippen LogP contribution in [0.5, 0.6) is 0 Å². The summed E-state index contributed by atoms with van der Waals surface area (Å²) in [5.41, 5.74) is 0. The van der Waals surface area contributed by atoms with E-state index >= 15 is 0 Å². The van der Waals surface area contributed by atoms with E-state index in [4.69, 9.17) is 23.1 Å². The highest BCUT2D eigenvalue weighted by Crippen LogP contribution is 2.35. The Morgan fingerprint density at radius 3 is 2.00 bits per heavy atom. The first-order valence-electron chi connectivity index (χ1n) is 3.68. The molecule has 0 aliphatic carbocycles. The molecular weight excluding hydrogens is 215 g/mol. The van der Waals surface area contributed by atoms with E-state index in [9.17, 15) is 4.57 Å². The molecule has 0 aliphatic rings. The van der Waals surface area contributed by atoms with Gasteiger partial charge in [0.15, 0.2) is 0 Å². The van der Waals surface area contributed by atoms with Gasteiger partial charge in [0.05, 0.1) is 0 Å². The molecule has 0 aliphatic heterocycles. The molecule has 6 nitrogen and oxygen atoms in total. The number of hydrogen-bond acceptors (Lipinski definition) is 4. The lowest BCUT2D eigenvalue weighted by molar-refractivity contribution is 0.110. The molecule has 2 N–H and O–H groups in total. The summed E-state index contributed by atoms with van der Waals surface area (Å²) in [5.74, 6) is 0. The zero-order valence-corrected chi connectivity index (χ0v) is 9.78. The average molecular weight is 230 g/mol. The highest BCUT2D eigenvalue weighted by Gasteiger charge is 2.38. The van der Waals surface area contributed by atoms with Gasteiger partial charge in [0.1, 0.15) is 6.35 Å². The average Bonchev–Trinajstić information content (AvgIpc) is 2.06. The van der Waals surface area contributed by atoms with Crippen molar-refractivity contribution in [2.45, 2.75) is 13.0 Å². The first-order chi connectivity index (χ1) is 5.89. The molecule has 0 spiro atoms. The molecule has 8 heteroatoms. The fourth-order valence-electron chi connectivity index (χ4n) is 0.774. The minimum atomic E-state index is -4.15. The van der Waals surface area contributed by atoms with Crippen LogP contribution in [-0.2, 0) is 17.8 Å². The van der Waals surface area contributed by atoms with Crippen molar-refractivity contribution < 1.29 is 27.6 Å². The molecular formula is C5H15O6PSi. The molecule has 0 heterocycles. The monoisotopic (exact) mass is 230 g/mol. The topological polar surface area (TPSA) is 85.2 Å². The van der Waals surface area contributed by atoms with E-state index < -0.39 is 22.7 Å². The molecule has 80 valence electrons. The van der Waals surface area contributed by atoms with Gasteiger partial charge >= 0.3 is 16.4 Å². The standard InChI is InChI=1S/C5H15O6PSi/c1-4-13(9-2,10-3)11-5-12(6,7)8/h4-5H2,1-3H3,(H2,6,7,8). The third kappa shape index (κ3) is 4.87. The van der Waals surface area contributed by atoms with E-state index in [0.29, 0.717) is 6.04 Å². The summed E-state index contributed by atoms with van der Waals surface area (Å²) in [4.78, 5) is 17.1. The lowest BCUT2D eigenvalue weighted by Gasteiger charge is -2.24. The van der Waals surface area contributed by atoms with Gasteiger partial charge in [-0.05, 0) is 0 Å². The Morgan fingerprint density at radius 2 is 1.77 bits per heavy atom. The first-order valence-corrected chi connectivity index (χ1v) is 7.41. The SMILES string of the molecule is CC[Si](OC)(OC)OCP(=O)(O)O. The van der Waals surface area contributed by atoms with Gasteiger partial charge in [0.25, 0.3) is 0 Å². The van der Waals surface area contributed by atoms with Crippen LogP contribution in [0.25, 0.3) is 0 Å². The van der Waals surface area contributed by atoms with Crippen molar-refractivity contribution in [2.24, 2.45) is 0 Å². The Morgan fingerprint density at radius 1 is 1.31 bits per heavy atom. The predicted octanol–water partition coefficient (Wildman–Crippen LogP) is 0.390. The van der Waals surface area contributed by atoms with E-state index in [0.717, 1.165) is 0 Å². The Hall–Kier alpha value is 0.247. The third-order valence-electron chi connectivity index (χ3n) is 1.51. The minimum absolute atomic E-state index is 0.472. The van der Waals surface area contributed by atoms with Crippen molar-refractivity contribution in [1.82, 2.24) is 0 Å². The summed E-state index contributed by atoms with van der Waals surface area (Å²) >= 11 is 0. The fourth-order valence-corrected chi connectivity index (χ4v) is 3.42. The number of rotatable bonds is 6. The molecule has 0 aromatic rings. The summed E-state index contributed by atoms with van der Waals surface area (Å²) in [5, 5.41) is 0. The van der Waals surface area contributed by atoms with Crippen molar-refractivity contribution in [2.75, 3.05) is 20.6 Å². The molecule has 0 radical (unpaired) electrons. The van der Waals surface area contributed by atoms with Crippen LogP contribution in [0, 0.1) is 0 Å². The van der Waals surface area contributed by atoms with Crippen LogP contribution in [0.2, 0.25) is 6.04 Å². The molecule has 13 heavy (non-hydrogen) atoms. The summed E-state index contributed by atoms with van der Waals surface area (Å²) in [7, 11) is -4.17. The first kappa shape index (κ1) is 13.2. The largest absolute Gasteiger partial charge is 0.500 e. The molecule has 0 amide bonds. The summed E-state index contributed by atoms with van der Waals surface area (Å²) < 4.78 is 25.4. The van der Waals surface area contributed by atoms with Crippen LogP contribution < -0.4 is 0 Å². The Balaban J connectivity index is 4.19. The van der Waals surface area contributed by atoms with Crippen molar-refractivity contribution in [3.63, 3.8) is 0 Å². The van der Waals surface area contributed by atoms with Gasteiger partial charge in [-0.1, -0.05) is 6.92 Å². The zero-order chi connectivity index (χ0) is 10.5. The second-order valence-electron chi connectivity index (χ2n) is 2.38. The van der Waals surface area contributed by atoms with Crippen LogP contribution >= 0.6 is 7.60 Å². The second-order valence-corrected chi connectivity index (χ2v) is 7.15. The molecule has 0 saturated carbocycles. The van der Waals surface area contributed by atoms with E-state index in [1.807, 2.05) is 0 Å². The highest BCUT2D eigenvalue weighted by atomic mass is 31.2. The Kier molecular flexibility index (Phi) is 5.31. The fraction of sp³-hybridized carbons (Fsp3) is 1.00. The second kappa shape index (κ2) is 5.21. The van der Waals surface area contributed by atoms with Crippen LogP contribution in [-0.4, -0.2) is 39.2 Å². The summed E-state index contributed by atoms with van der Waals surface area (Å²) in [6.07, 6.45) is -0.658. The van der Waals surface area contributed by atoms with Crippen LogP contribution in [0.15, 0.2) is 0 Å². The van der Waals surface area contributed by atoms with Crippen molar-refractivity contribution in [3.05, 3.63) is 0 Å². The summed E-state index contributed by atoms with van der Waals surface area (Å²) in [6, 6.07) is 0.472. The molecule has 0 saturated heterocycles. The van der Waals surface area contributed by atoms with Crippen LogP contribution in [0.1, 0.15) is 6.92 Å². The molecule has 0 rings (SSSR count). The van der Waals surface area contributed by atoms with Crippen molar-refractivity contribution >= 4 is 16.4 Å². The van der Waals surface area contributed by atoms with E-state index in [2.05, 4.69) is 0 Å². The highest BCUT2D eigenvalue weighted by molar-refractivity contribution is 7.51.